The van der Waals surface area contributed by atoms with E-state index in [2.05, 4.69) is 10.4 Å². The number of carbonyl (C=O) groups excluding carboxylic acids is 3. The number of hydrogen-bond donors (Lipinski definition) is 1. The Balaban J connectivity index is 1.43. The molecule has 3 rings (SSSR count). The highest BCUT2D eigenvalue weighted by molar-refractivity contribution is 6.02. The highest BCUT2D eigenvalue weighted by atomic mass is 16.5. The number of hydrazone groups is 1. The number of nitrogens with zero attached hydrogens (tertiary/aromatic N) is 2. The molecule has 7 nitrogen and oxygen atoms in total. The van der Waals surface area contributed by atoms with E-state index in [1.54, 1.807) is 12.1 Å². The Kier molecular flexibility index (Phi) is 6.95. The monoisotopic (exact) mass is 407 g/mol. The molecule has 0 aromatic heterocycles. The van der Waals surface area contributed by atoms with Crippen molar-refractivity contribution >= 4 is 29.2 Å². The van der Waals surface area contributed by atoms with Gasteiger partial charge in [0.05, 0.1) is 18.7 Å². The van der Waals surface area contributed by atoms with Crippen LogP contribution in [0.25, 0.3) is 0 Å². The van der Waals surface area contributed by atoms with Crippen molar-refractivity contribution in [2.75, 3.05) is 11.9 Å². The molecule has 1 aliphatic rings. The normalized spacial score (nSPS) is 14.1. The number of nitrogens with one attached hydrogen (secondary N) is 1. The van der Waals surface area contributed by atoms with Crippen molar-refractivity contribution in [3.63, 3.8) is 0 Å². The first-order valence-corrected chi connectivity index (χ1v) is 9.92. The molecule has 0 spiro atoms. The van der Waals surface area contributed by atoms with Crippen LogP contribution in [0, 0.1) is 6.92 Å². The van der Waals surface area contributed by atoms with Gasteiger partial charge in [0.2, 0.25) is 5.91 Å². The van der Waals surface area contributed by atoms with Gasteiger partial charge in [0.25, 0.3) is 5.91 Å². The van der Waals surface area contributed by atoms with Crippen molar-refractivity contribution in [2.45, 2.75) is 39.2 Å². The zero-order chi connectivity index (χ0) is 21.5. The van der Waals surface area contributed by atoms with Crippen LogP contribution in [0.5, 0.6) is 0 Å². The first-order valence-electron chi connectivity index (χ1n) is 9.92. The van der Waals surface area contributed by atoms with Crippen LogP contribution in [0.15, 0.2) is 59.7 Å². The standard InChI is InChI=1S/C23H25N3O4/c1-16-8-10-19(11-9-16)24-23(29)17(2)30-22(28)13-12-21(27)26-15-14-20(25-26)18-6-4-3-5-7-18/h3-11,17H,12-15H2,1-2H3,(H,24,29)/t17-/m1/s1. The van der Waals surface area contributed by atoms with Gasteiger partial charge in [-0.2, -0.15) is 5.10 Å². The number of benzene rings is 2. The predicted molar refractivity (Wildman–Crippen MR) is 114 cm³/mol. The third kappa shape index (κ3) is 5.76. The van der Waals surface area contributed by atoms with Crippen molar-refractivity contribution in [2.24, 2.45) is 5.10 Å². The van der Waals surface area contributed by atoms with E-state index in [0.29, 0.717) is 18.7 Å². The Morgan fingerprint density at radius 1 is 1.07 bits per heavy atom. The maximum absolute atomic E-state index is 12.3. The fraction of sp³-hybridized carbons (Fsp3) is 0.304. The molecule has 0 bridgehead atoms. The van der Waals surface area contributed by atoms with Crippen LogP contribution in [0.3, 0.4) is 0 Å². The predicted octanol–water partition coefficient (Wildman–Crippen LogP) is 3.28. The molecule has 0 radical (unpaired) electrons. The minimum Gasteiger partial charge on any atom is -0.453 e. The molecular formula is C23H25N3O4. The molecule has 0 fully saturated rings. The third-order valence-corrected chi connectivity index (χ3v) is 4.74. The first kappa shape index (κ1) is 21.2. The second-order valence-electron chi connectivity index (χ2n) is 7.17. The number of aryl methyl sites for hydroxylation is 1. The summed E-state index contributed by atoms with van der Waals surface area (Å²) in [4.78, 5) is 36.6. The third-order valence-electron chi connectivity index (χ3n) is 4.74. The molecule has 0 unspecified atom stereocenters. The van der Waals surface area contributed by atoms with Crippen molar-refractivity contribution in [1.29, 1.82) is 0 Å². The lowest BCUT2D eigenvalue weighted by atomic mass is 10.1. The van der Waals surface area contributed by atoms with Gasteiger partial charge in [0.1, 0.15) is 0 Å². The summed E-state index contributed by atoms with van der Waals surface area (Å²) in [5, 5.41) is 8.45. The largest absolute Gasteiger partial charge is 0.453 e. The molecule has 1 N–H and O–H groups in total. The van der Waals surface area contributed by atoms with Crippen LogP contribution in [-0.2, 0) is 19.1 Å². The molecule has 2 aromatic rings. The van der Waals surface area contributed by atoms with E-state index >= 15 is 0 Å². The smallest absolute Gasteiger partial charge is 0.307 e. The summed E-state index contributed by atoms with van der Waals surface area (Å²) in [7, 11) is 0. The Morgan fingerprint density at radius 3 is 2.47 bits per heavy atom. The van der Waals surface area contributed by atoms with Gasteiger partial charge in [0.15, 0.2) is 6.10 Å². The Morgan fingerprint density at radius 2 is 1.77 bits per heavy atom. The van der Waals surface area contributed by atoms with Gasteiger partial charge in [-0.3, -0.25) is 14.4 Å². The van der Waals surface area contributed by atoms with E-state index < -0.39 is 18.0 Å². The summed E-state index contributed by atoms with van der Waals surface area (Å²) in [6.45, 7) is 3.95. The second-order valence-corrected chi connectivity index (χ2v) is 7.17. The quantitative estimate of drug-likeness (QED) is 0.714. The van der Waals surface area contributed by atoms with Gasteiger partial charge in [0, 0.05) is 18.5 Å². The molecule has 0 saturated heterocycles. The van der Waals surface area contributed by atoms with E-state index in [0.717, 1.165) is 16.8 Å². The highest BCUT2D eigenvalue weighted by Crippen LogP contribution is 2.15. The summed E-state index contributed by atoms with van der Waals surface area (Å²) in [5.74, 6) is -1.26. The van der Waals surface area contributed by atoms with E-state index in [-0.39, 0.29) is 18.7 Å². The number of carbonyl (C=O) groups is 3. The number of rotatable bonds is 7. The van der Waals surface area contributed by atoms with E-state index in [4.69, 9.17) is 4.74 Å². The Bertz CT molecular complexity index is 939. The zero-order valence-electron chi connectivity index (χ0n) is 17.1. The van der Waals surface area contributed by atoms with E-state index in [1.807, 2.05) is 49.4 Å². The average Bonchev–Trinajstić information content (AvgIpc) is 3.24. The molecule has 1 heterocycles. The second kappa shape index (κ2) is 9.82. The molecule has 1 aliphatic heterocycles. The Labute approximate surface area is 175 Å². The lowest BCUT2D eigenvalue weighted by Crippen LogP contribution is -2.30. The van der Waals surface area contributed by atoms with Crippen LogP contribution < -0.4 is 5.32 Å². The number of amides is 2. The lowest BCUT2D eigenvalue weighted by Gasteiger charge is -2.14. The number of ether oxygens (including phenoxy) is 1. The summed E-state index contributed by atoms with van der Waals surface area (Å²) >= 11 is 0. The van der Waals surface area contributed by atoms with E-state index in [1.165, 1.54) is 11.9 Å². The summed E-state index contributed by atoms with van der Waals surface area (Å²) in [6, 6.07) is 17.0. The maximum atomic E-state index is 12.3. The number of anilines is 1. The lowest BCUT2D eigenvalue weighted by molar-refractivity contribution is -0.154. The molecule has 30 heavy (non-hydrogen) atoms. The highest BCUT2D eigenvalue weighted by Gasteiger charge is 2.23. The molecular weight excluding hydrogens is 382 g/mol. The maximum Gasteiger partial charge on any atom is 0.307 e. The van der Waals surface area contributed by atoms with Crippen LogP contribution in [0.2, 0.25) is 0 Å². The Hall–Kier alpha value is -3.48. The topological polar surface area (TPSA) is 88.1 Å². The molecule has 2 aromatic carbocycles. The summed E-state index contributed by atoms with van der Waals surface area (Å²) < 4.78 is 5.15. The van der Waals surface area contributed by atoms with E-state index in [9.17, 15) is 14.4 Å². The molecule has 2 amide bonds. The molecule has 0 saturated carbocycles. The molecule has 7 heteroatoms. The van der Waals surface area contributed by atoms with Gasteiger partial charge >= 0.3 is 5.97 Å². The first-order chi connectivity index (χ1) is 14.4. The van der Waals surface area contributed by atoms with Crippen molar-refractivity contribution in [3.8, 4) is 0 Å². The molecule has 0 aliphatic carbocycles. The van der Waals surface area contributed by atoms with Crippen molar-refractivity contribution in [3.05, 3.63) is 65.7 Å². The van der Waals surface area contributed by atoms with Crippen LogP contribution in [-0.4, -0.2) is 41.2 Å². The minimum atomic E-state index is -0.955. The van der Waals surface area contributed by atoms with Crippen molar-refractivity contribution in [1.82, 2.24) is 5.01 Å². The van der Waals surface area contributed by atoms with Crippen LogP contribution >= 0.6 is 0 Å². The van der Waals surface area contributed by atoms with Crippen molar-refractivity contribution < 1.29 is 19.1 Å². The molecule has 1 atom stereocenters. The summed E-state index contributed by atoms with van der Waals surface area (Å²) in [5.41, 5.74) is 3.55. The number of esters is 1. The zero-order valence-corrected chi connectivity index (χ0v) is 17.1. The van der Waals surface area contributed by atoms with Crippen LogP contribution in [0.4, 0.5) is 5.69 Å². The van der Waals surface area contributed by atoms with Gasteiger partial charge < -0.3 is 10.1 Å². The fourth-order valence-electron chi connectivity index (χ4n) is 3.00. The molecule has 156 valence electrons. The SMILES string of the molecule is Cc1ccc(NC(=O)[C@@H](C)OC(=O)CCC(=O)N2CCC(c3ccccc3)=N2)cc1. The van der Waals surface area contributed by atoms with Gasteiger partial charge in [-0.1, -0.05) is 48.0 Å². The average molecular weight is 407 g/mol. The minimum absolute atomic E-state index is 0.0172. The summed E-state index contributed by atoms with van der Waals surface area (Å²) in [6.07, 6.45) is -0.399. The number of hydrogen-bond acceptors (Lipinski definition) is 5. The van der Waals surface area contributed by atoms with Gasteiger partial charge in [-0.15, -0.1) is 0 Å². The van der Waals surface area contributed by atoms with Crippen LogP contribution in [0.1, 0.15) is 37.3 Å². The van der Waals surface area contributed by atoms with Gasteiger partial charge in [-0.25, -0.2) is 5.01 Å². The fourth-order valence-corrected chi connectivity index (χ4v) is 3.00. The van der Waals surface area contributed by atoms with Gasteiger partial charge in [-0.05, 0) is 31.5 Å².